The van der Waals surface area contributed by atoms with E-state index >= 15 is 0 Å². The minimum Gasteiger partial charge on any atom is -0.494 e. The van der Waals surface area contributed by atoms with Crippen LogP contribution in [0.4, 0.5) is 0 Å². The minimum absolute atomic E-state index is 0.181. The Kier molecular flexibility index (Phi) is 9.59. The van der Waals surface area contributed by atoms with Crippen molar-refractivity contribution in [1.29, 1.82) is 5.26 Å². The SMILES string of the molecule is CCOc1ccc(-n2c(C)nnc2S[C@@H](C[N+](=O)[O-])c2ccc(OCc3ccccc3C#N)c(OCC)c2)cc1. The summed E-state index contributed by atoms with van der Waals surface area (Å²) in [6.45, 7) is 6.40. The molecule has 0 spiro atoms. The van der Waals surface area contributed by atoms with Gasteiger partial charge in [-0.25, -0.2) is 0 Å². The van der Waals surface area contributed by atoms with Crippen LogP contribution < -0.4 is 14.2 Å². The number of hydrogen-bond donors (Lipinski definition) is 0. The van der Waals surface area contributed by atoms with E-state index in [9.17, 15) is 15.4 Å². The number of ether oxygens (including phenoxy) is 3. The predicted molar refractivity (Wildman–Crippen MR) is 151 cm³/mol. The summed E-state index contributed by atoms with van der Waals surface area (Å²) in [5.41, 5.74) is 2.80. The molecule has 0 saturated heterocycles. The van der Waals surface area contributed by atoms with Crippen molar-refractivity contribution >= 4 is 11.8 Å². The van der Waals surface area contributed by atoms with Gasteiger partial charge in [0.2, 0.25) is 6.54 Å². The third-order valence-corrected chi connectivity index (χ3v) is 7.10. The smallest absolute Gasteiger partial charge is 0.220 e. The summed E-state index contributed by atoms with van der Waals surface area (Å²) < 4.78 is 19.3. The highest BCUT2D eigenvalue weighted by atomic mass is 32.2. The molecule has 0 aliphatic heterocycles. The van der Waals surface area contributed by atoms with Crippen LogP contribution in [0, 0.1) is 28.4 Å². The Morgan fingerprint density at radius 2 is 1.75 bits per heavy atom. The number of aryl methyl sites for hydroxylation is 1. The summed E-state index contributed by atoms with van der Waals surface area (Å²) >= 11 is 1.26. The highest BCUT2D eigenvalue weighted by Gasteiger charge is 2.25. The number of nitro groups is 1. The lowest BCUT2D eigenvalue weighted by Crippen LogP contribution is -2.12. The molecule has 0 N–H and O–H groups in total. The highest BCUT2D eigenvalue weighted by Crippen LogP contribution is 2.40. The van der Waals surface area contributed by atoms with Gasteiger partial charge in [-0.05, 0) is 68.8 Å². The van der Waals surface area contributed by atoms with Gasteiger partial charge in [0.15, 0.2) is 16.7 Å². The van der Waals surface area contributed by atoms with E-state index in [-0.39, 0.29) is 18.1 Å². The Labute approximate surface area is 236 Å². The molecule has 1 atom stereocenters. The Morgan fingerprint density at radius 1 is 1.00 bits per heavy atom. The van der Waals surface area contributed by atoms with E-state index in [0.717, 1.165) is 17.0 Å². The maximum absolute atomic E-state index is 11.7. The summed E-state index contributed by atoms with van der Waals surface area (Å²) in [5.74, 6) is 2.35. The molecule has 1 aromatic heterocycles. The maximum Gasteiger partial charge on any atom is 0.220 e. The van der Waals surface area contributed by atoms with Crippen LogP contribution in [0.15, 0.2) is 71.9 Å². The van der Waals surface area contributed by atoms with Gasteiger partial charge in [-0.3, -0.25) is 14.7 Å². The zero-order valence-corrected chi connectivity index (χ0v) is 23.3. The number of aromatic nitrogens is 3. The second-order valence-electron chi connectivity index (χ2n) is 8.61. The van der Waals surface area contributed by atoms with Crippen LogP contribution in [0.2, 0.25) is 0 Å². The Hall–Kier alpha value is -4.56. The van der Waals surface area contributed by atoms with Gasteiger partial charge < -0.3 is 14.2 Å². The van der Waals surface area contributed by atoms with Crippen LogP contribution in [0.5, 0.6) is 17.2 Å². The van der Waals surface area contributed by atoms with Crippen molar-refractivity contribution in [1.82, 2.24) is 14.8 Å². The van der Waals surface area contributed by atoms with Crippen molar-refractivity contribution in [3.63, 3.8) is 0 Å². The van der Waals surface area contributed by atoms with Gasteiger partial charge in [-0.2, -0.15) is 5.26 Å². The van der Waals surface area contributed by atoms with E-state index in [4.69, 9.17) is 14.2 Å². The van der Waals surface area contributed by atoms with E-state index in [2.05, 4.69) is 16.3 Å². The molecule has 3 aromatic carbocycles. The minimum atomic E-state index is -0.576. The largest absolute Gasteiger partial charge is 0.494 e. The van der Waals surface area contributed by atoms with Crippen molar-refractivity contribution in [3.05, 3.63) is 99.4 Å². The van der Waals surface area contributed by atoms with Crippen LogP contribution in [-0.2, 0) is 6.61 Å². The Morgan fingerprint density at radius 3 is 2.45 bits per heavy atom. The van der Waals surface area contributed by atoms with Crippen molar-refractivity contribution in [2.45, 2.75) is 37.8 Å². The van der Waals surface area contributed by atoms with Gasteiger partial charge in [0.25, 0.3) is 0 Å². The molecular formula is C29H29N5O5S. The summed E-state index contributed by atoms with van der Waals surface area (Å²) in [7, 11) is 0. The third kappa shape index (κ3) is 6.90. The molecule has 206 valence electrons. The van der Waals surface area contributed by atoms with E-state index < -0.39 is 5.25 Å². The molecule has 0 aliphatic rings. The second-order valence-corrected chi connectivity index (χ2v) is 9.78. The second kappa shape index (κ2) is 13.5. The first-order valence-corrected chi connectivity index (χ1v) is 13.6. The van der Waals surface area contributed by atoms with E-state index in [1.165, 1.54) is 11.8 Å². The van der Waals surface area contributed by atoms with Gasteiger partial charge in [-0.1, -0.05) is 36.0 Å². The van der Waals surface area contributed by atoms with Gasteiger partial charge in [0.05, 0.1) is 24.8 Å². The van der Waals surface area contributed by atoms with Crippen molar-refractivity contribution in [2.75, 3.05) is 19.8 Å². The molecule has 0 radical (unpaired) electrons. The average molecular weight is 560 g/mol. The van der Waals surface area contributed by atoms with Gasteiger partial charge in [0.1, 0.15) is 23.4 Å². The number of hydrogen-bond acceptors (Lipinski definition) is 9. The lowest BCUT2D eigenvalue weighted by molar-refractivity contribution is -0.479. The number of nitriles is 1. The zero-order chi connectivity index (χ0) is 28.5. The quantitative estimate of drug-likeness (QED) is 0.111. The normalized spacial score (nSPS) is 11.4. The number of rotatable bonds is 13. The van der Waals surface area contributed by atoms with E-state index in [1.807, 2.05) is 61.7 Å². The van der Waals surface area contributed by atoms with Gasteiger partial charge in [0, 0.05) is 16.2 Å². The Balaban J connectivity index is 1.62. The van der Waals surface area contributed by atoms with Crippen molar-refractivity contribution < 1.29 is 19.1 Å². The predicted octanol–water partition coefficient (Wildman–Crippen LogP) is 5.93. The molecule has 0 amide bonds. The molecule has 1 heterocycles. The topological polar surface area (TPSA) is 125 Å². The molecule has 10 nitrogen and oxygen atoms in total. The molecule has 0 fully saturated rings. The van der Waals surface area contributed by atoms with Crippen LogP contribution in [0.25, 0.3) is 5.69 Å². The lowest BCUT2D eigenvalue weighted by atomic mass is 10.1. The Bertz CT molecular complexity index is 1500. The zero-order valence-electron chi connectivity index (χ0n) is 22.4. The first-order valence-electron chi connectivity index (χ1n) is 12.7. The standard InChI is InChI=1S/C29H29N5O5S/c1-4-37-25-13-11-24(12-14-25)34-20(3)31-32-29(34)40-28(18-33(35)36)21-10-15-26(27(16-21)38-5-2)39-19-23-9-7-6-8-22(23)17-30/h6-16,28H,4-5,18-19H2,1-3H3/t28-/m0/s1. The van der Waals surface area contributed by atoms with Crippen LogP contribution >= 0.6 is 11.8 Å². The molecule has 0 bridgehead atoms. The molecule has 4 aromatic rings. The molecular weight excluding hydrogens is 530 g/mol. The summed E-state index contributed by atoms with van der Waals surface area (Å²) in [6.07, 6.45) is 0. The van der Waals surface area contributed by atoms with E-state index in [0.29, 0.717) is 46.8 Å². The summed E-state index contributed by atoms with van der Waals surface area (Å²) in [4.78, 5) is 11.3. The van der Waals surface area contributed by atoms with Gasteiger partial charge >= 0.3 is 0 Å². The average Bonchev–Trinajstić information content (AvgIpc) is 3.32. The van der Waals surface area contributed by atoms with Gasteiger partial charge in [-0.15, -0.1) is 10.2 Å². The number of thioether (sulfide) groups is 1. The molecule has 40 heavy (non-hydrogen) atoms. The molecule has 4 rings (SSSR count). The third-order valence-electron chi connectivity index (χ3n) is 5.92. The van der Waals surface area contributed by atoms with Crippen LogP contribution in [0.3, 0.4) is 0 Å². The van der Waals surface area contributed by atoms with E-state index in [1.54, 1.807) is 30.3 Å². The fourth-order valence-corrected chi connectivity index (χ4v) is 5.24. The fourth-order valence-electron chi connectivity index (χ4n) is 4.07. The first-order chi connectivity index (χ1) is 19.4. The molecule has 0 aliphatic carbocycles. The molecule has 0 saturated carbocycles. The summed E-state index contributed by atoms with van der Waals surface area (Å²) in [6, 6.07) is 22.2. The number of nitrogens with zero attached hydrogens (tertiary/aromatic N) is 5. The first kappa shape index (κ1) is 28.4. The fraction of sp³-hybridized carbons (Fsp3) is 0.276. The lowest BCUT2D eigenvalue weighted by Gasteiger charge is -2.18. The van der Waals surface area contributed by atoms with Crippen LogP contribution in [-0.4, -0.2) is 39.4 Å². The highest BCUT2D eigenvalue weighted by molar-refractivity contribution is 7.99. The van der Waals surface area contributed by atoms with Crippen molar-refractivity contribution in [2.24, 2.45) is 0 Å². The molecule has 0 unspecified atom stereocenters. The van der Waals surface area contributed by atoms with Crippen LogP contribution in [0.1, 0.15) is 41.6 Å². The number of benzene rings is 3. The molecule has 11 heteroatoms. The van der Waals surface area contributed by atoms with Crippen molar-refractivity contribution in [3.8, 4) is 29.0 Å². The monoisotopic (exact) mass is 559 g/mol. The maximum atomic E-state index is 11.7. The summed E-state index contributed by atoms with van der Waals surface area (Å²) in [5, 5.41) is 29.6.